The zero-order valence-electron chi connectivity index (χ0n) is 16.2. The zero-order chi connectivity index (χ0) is 21.8. The van der Waals surface area contributed by atoms with Crippen LogP contribution in [-0.2, 0) is 22.1 Å². The summed E-state index contributed by atoms with van der Waals surface area (Å²) < 4.78 is 43.3. The van der Waals surface area contributed by atoms with E-state index in [2.05, 4.69) is 11.4 Å². The second kappa shape index (κ2) is 8.86. The number of amides is 1. The Morgan fingerprint density at radius 2 is 1.63 bits per heavy atom. The average molecular weight is 417 g/mol. The molecule has 158 valence electrons. The topological polar surface area (TPSA) is 88.1 Å². The summed E-state index contributed by atoms with van der Waals surface area (Å²) in [6.45, 7) is 0.819. The molecule has 0 aromatic heterocycles. The van der Waals surface area contributed by atoms with E-state index in [0.29, 0.717) is 38.0 Å². The molecule has 5 nitrogen and oxygen atoms in total. The Morgan fingerprint density at radius 1 is 1.10 bits per heavy atom. The largest absolute Gasteiger partial charge is 0.416 e. The third kappa shape index (κ3) is 5.17. The van der Waals surface area contributed by atoms with Crippen LogP contribution in [0.5, 0.6) is 0 Å². The molecule has 1 fully saturated rings. The van der Waals surface area contributed by atoms with Gasteiger partial charge in [-0.05, 0) is 41.7 Å². The lowest BCUT2D eigenvalue weighted by molar-refractivity contribution is -0.137. The maximum absolute atomic E-state index is 12.7. The van der Waals surface area contributed by atoms with Gasteiger partial charge in [-0.15, -0.1) is 0 Å². The Kier molecular flexibility index (Phi) is 6.44. The molecule has 1 amide bonds. The first-order valence-electron chi connectivity index (χ1n) is 9.55. The summed E-state index contributed by atoms with van der Waals surface area (Å²) in [5, 5.41) is 12.1. The second-order valence-corrected chi connectivity index (χ2v) is 7.40. The number of alkyl halides is 3. The van der Waals surface area contributed by atoms with Crippen molar-refractivity contribution in [3.8, 4) is 17.2 Å². The number of hydrogen-bond acceptors (Lipinski definition) is 4. The molecule has 0 spiro atoms. The predicted molar refractivity (Wildman–Crippen MR) is 105 cm³/mol. The van der Waals surface area contributed by atoms with Crippen LogP contribution in [0.15, 0.2) is 48.5 Å². The van der Waals surface area contributed by atoms with Crippen LogP contribution in [0.3, 0.4) is 0 Å². The SMILES string of the molecule is N#CC(Cc1ccc(-c2ccc(C(F)(F)F)cc2)cc1)NC(=O)C1(N)CCOCC1. The molecule has 3 rings (SSSR count). The monoisotopic (exact) mass is 417 g/mol. The highest BCUT2D eigenvalue weighted by Crippen LogP contribution is 2.31. The maximum Gasteiger partial charge on any atom is 0.416 e. The third-order valence-electron chi connectivity index (χ3n) is 5.24. The van der Waals surface area contributed by atoms with Gasteiger partial charge < -0.3 is 15.8 Å². The Morgan fingerprint density at radius 3 is 2.13 bits per heavy atom. The second-order valence-electron chi connectivity index (χ2n) is 7.40. The highest BCUT2D eigenvalue weighted by molar-refractivity contribution is 5.86. The minimum absolute atomic E-state index is 0.294. The molecule has 1 heterocycles. The molecule has 1 unspecified atom stereocenters. The lowest BCUT2D eigenvalue weighted by Gasteiger charge is -2.32. The van der Waals surface area contributed by atoms with Gasteiger partial charge in [0.2, 0.25) is 5.91 Å². The smallest absolute Gasteiger partial charge is 0.381 e. The Bertz CT molecular complexity index is 913. The van der Waals surface area contributed by atoms with Crippen LogP contribution in [0.2, 0.25) is 0 Å². The van der Waals surface area contributed by atoms with Crippen molar-refractivity contribution < 1.29 is 22.7 Å². The van der Waals surface area contributed by atoms with E-state index in [9.17, 15) is 23.2 Å². The summed E-state index contributed by atoms with van der Waals surface area (Å²) >= 11 is 0. The van der Waals surface area contributed by atoms with Gasteiger partial charge in [0.05, 0.1) is 17.2 Å². The first-order valence-corrected chi connectivity index (χ1v) is 9.55. The van der Waals surface area contributed by atoms with E-state index >= 15 is 0 Å². The number of nitrogens with one attached hydrogen (secondary N) is 1. The number of nitrogens with zero attached hydrogens (tertiary/aromatic N) is 1. The highest BCUT2D eigenvalue weighted by atomic mass is 19.4. The van der Waals surface area contributed by atoms with E-state index < -0.39 is 23.3 Å². The Labute approximate surface area is 172 Å². The summed E-state index contributed by atoms with van der Waals surface area (Å²) in [7, 11) is 0. The van der Waals surface area contributed by atoms with Crippen molar-refractivity contribution in [2.24, 2.45) is 5.73 Å². The standard InChI is InChI=1S/C22H22F3N3O2/c23-22(24,25)18-7-5-17(6-8-18)16-3-1-15(2-4-16)13-19(14-26)28-20(29)21(27)9-11-30-12-10-21/h1-8,19H,9-13,27H2,(H,28,29). The van der Waals surface area contributed by atoms with Crippen molar-refractivity contribution in [2.75, 3.05) is 13.2 Å². The molecule has 2 aromatic carbocycles. The van der Waals surface area contributed by atoms with E-state index in [0.717, 1.165) is 23.3 Å². The van der Waals surface area contributed by atoms with Gasteiger partial charge in [-0.1, -0.05) is 36.4 Å². The number of hydrogen-bond donors (Lipinski definition) is 2. The van der Waals surface area contributed by atoms with E-state index in [1.807, 2.05) is 0 Å². The molecule has 0 radical (unpaired) electrons. The Hall–Kier alpha value is -2.89. The molecule has 0 aliphatic carbocycles. The average Bonchev–Trinajstić information content (AvgIpc) is 2.73. The van der Waals surface area contributed by atoms with Gasteiger partial charge in [0.1, 0.15) is 6.04 Å². The lowest BCUT2D eigenvalue weighted by atomic mass is 9.90. The van der Waals surface area contributed by atoms with Crippen molar-refractivity contribution in [3.05, 3.63) is 59.7 Å². The van der Waals surface area contributed by atoms with E-state index in [1.165, 1.54) is 12.1 Å². The first-order chi connectivity index (χ1) is 14.2. The fourth-order valence-electron chi connectivity index (χ4n) is 3.31. The fourth-order valence-corrected chi connectivity index (χ4v) is 3.31. The molecule has 3 N–H and O–H groups in total. The van der Waals surface area contributed by atoms with Gasteiger partial charge in [0.25, 0.3) is 0 Å². The van der Waals surface area contributed by atoms with E-state index in [1.54, 1.807) is 24.3 Å². The molecular weight excluding hydrogens is 395 g/mol. The molecule has 1 aliphatic rings. The Balaban J connectivity index is 1.64. The molecule has 0 saturated carbocycles. The lowest BCUT2D eigenvalue weighted by Crippen LogP contribution is -2.58. The summed E-state index contributed by atoms with van der Waals surface area (Å²) in [4.78, 5) is 12.5. The summed E-state index contributed by atoms with van der Waals surface area (Å²) in [5.74, 6) is -0.362. The van der Waals surface area contributed by atoms with Crippen LogP contribution in [0, 0.1) is 11.3 Å². The van der Waals surface area contributed by atoms with Crippen LogP contribution in [0.4, 0.5) is 13.2 Å². The number of rotatable bonds is 5. The molecule has 1 saturated heterocycles. The van der Waals surface area contributed by atoms with Crippen molar-refractivity contribution in [1.82, 2.24) is 5.32 Å². The summed E-state index contributed by atoms with van der Waals surface area (Å²) in [5.41, 5.74) is 6.65. The van der Waals surface area contributed by atoms with Gasteiger partial charge in [-0.25, -0.2) is 0 Å². The van der Waals surface area contributed by atoms with Crippen LogP contribution in [0.1, 0.15) is 24.0 Å². The quantitative estimate of drug-likeness (QED) is 0.780. The number of carbonyl (C=O) groups is 1. The van der Waals surface area contributed by atoms with Gasteiger partial charge in [0.15, 0.2) is 0 Å². The molecule has 30 heavy (non-hydrogen) atoms. The van der Waals surface area contributed by atoms with Crippen LogP contribution in [-0.4, -0.2) is 30.7 Å². The van der Waals surface area contributed by atoms with Gasteiger partial charge in [-0.3, -0.25) is 4.79 Å². The normalized spacial score (nSPS) is 17.0. The maximum atomic E-state index is 12.7. The van der Waals surface area contributed by atoms with Crippen molar-refractivity contribution in [2.45, 2.75) is 37.0 Å². The van der Waals surface area contributed by atoms with Crippen LogP contribution >= 0.6 is 0 Å². The summed E-state index contributed by atoms with van der Waals surface area (Å²) in [6, 6.07) is 13.4. The molecule has 8 heteroatoms. The first kappa shape index (κ1) is 21.8. The fraction of sp³-hybridized carbons (Fsp3) is 0.364. The number of carbonyl (C=O) groups excluding carboxylic acids is 1. The van der Waals surface area contributed by atoms with Gasteiger partial charge in [0, 0.05) is 19.6 Å². The number of nitrogens with two attached hydrogens (primary N) is 1. The van der Waals surface area contributed by atoms with Crippen LogP contribution < -0.4 is 11.1 Å². The highest BCUT2D eigenvalue weighted by Gasteiger charge is 2.36. The number of nitriles is 1. The number of ether oxygens (including phenoxy) is 1. The molecule has 2 aromatic rings. The molecule has 0 bridgehead atoms. The number of halogens is 3. The number of benzene rings is 2. The van der Waals surface area contributed by atoms with Crippen molar-refractivity contribution in [1.29, 1.82) is 5.26 Å². The molecular formula is C22H22F3N3O2. The molecule has 1 aliphatic heterocycles. The molecule has 1 atom stereocenters. The minimum Gasteiger partial charge on any atom is -0.381 e. The van der Waals surface area contributed by atoms with Crippen LogP contribution in [0.25, 0.3) is 11.1 Å². The van der Waals surface area contributed by atoms with E-state index in [-0.39, 0.29) is 5.91 Å². The van der Waals surface area contributed by atoms with Crippen molar-refractivity contribution >= 4 is 5.91 Å². The third-order valence-corrected chi connectivity index (χ3v) is 5.24. The minimum atomic E-state index is -4.37. The zero-order valence-corrected chi connectivity index (χ0v) is 16.2. The summed E-state index contributed by atoms with van der Waals surface area (Å²) in [6.07, 6.45) is -3.27. The van der Waals surface area contributed by atoms with Gasteiger partial charge >= 0.3 is 6.18 Å². The van der Waals surface area contributed by atoms with Crippen molar-refractivity contribution in [3.63, 3.8) is 0 Å². The predicted octanol–water partition coefficient (Wildman–Crippen LogP) is 3.43. The van der Waals surface area contributed by atoms with E-state index in [4.69, 9.17) is 10.5 Å². The van der Waals surface area contributed by atoms with Gasteiger partial charge in [-0.2, -0.15) is 18.4 Å².